The summed E-state index contributed by atoms with van der Waals surface area (Å²) in [5, 5.41) is 17.7. The molecule has 0 aliphatic rings. The molecule has 0 fully saturated rings. The standard InChI is InChI=1S/C19H22FO4.W/c1-14(22)12-23-18-6-2-15(3-7-18)10-16-4-8-19(9-5-16)24-13-17(20)11-21;/h2-9,14,17,21-22H,1,10-13H2;/q-1;. The summed E-state index contributed by atoms with van der Waals surface area (Å²) in [6, 6.07) is 15.0. The van der Waals surface area contributed by atoms with Gasteiger partial charge in [0.25, 0.3) is 0 Å². The van der Waals surface area contributed by atoms with E-state index < -0.39 is 18.9 Å². The van der Waals surface area contributed by atoms with Crippen LogP contribution in [0.15, 0.2) is 48.5 Å². The maximum absolute atomic E-state index is 12.9. The molecule has 0 heterocycles. The molecular formula is C19H22FO4W-. The van der Waals surface area contributed by atoms with Crippen molar-refractivity contribution >= 4 is 0 Å². The zero-order valence-corrected chi connectivity index (χ0v) is 16.7. The van der Waals surface area contributed by atoms with Crippen molar-refractivity contribution in [2.75, 3.05) is 19.8 Å². The SMILES string of the molecule is [CH2-]C(O)COc1ccc(Cc2ccc(OCC(F)CO)cc2)cc1.[W]. The van der Waals surface area contributed by atoms with E-state index in [4.69, 9.17) is 19.7 Å². The molecule has 2 aromatic carbocycles. The fourth-order valence-electron chi connectivity index (χ4n) is 2.07. The van der Waals surface area contributed by atoms with Gasteiger partial charge in [-0.15, -0.1) is 0 Å². The molecule has 0 radical (unpaired) electrons. The average molecular weight is 517 g/mol. The Kier molecular flexibility index (Phi) is 9.72. The summed E-state index contributed by atoms with van der Waals surface area (Å²) in [5.74, 6) is 1.26. The maximum Gasteiger partial charge on any atom is 0.157 e. The molecular weight excluding hydrogens is 495 g/mol. The van der Waals surface area contributed by atoms with Crippen LogP contribution in [0.4, 0.5) is 4.39 Å². The van der Waals surface area contributed by atoms with Gasteiger partial charge in [-0.1, -0.05) is 24.3 Å². The van der Waals surface area contributed by atoms with Gasteiger partial charge in [-0.05, 0) is 47.9 Å². The van der Waals surface area contributed by atoms with Crippen molar-refractivity contribution < 1.29 is 45.1 Å². The number of alkyl halides is 1. The van der Waals surface area contributed by atoms with Crippen molar-refractivity contribution in [3.63, 3.8) is 0 Å². The molecule has 2 aromatic rings. The third-order valence-corrected chi connectivity index (χ3v) is 3.33. The molecule has 4 nitrogen and oxygen atoms in total. The van der Waals surface area contributed by atoms with Gasteiger partial charge in [0, 0.05) is 21.1 Å². The van der Waals surface area contributed by atoms with Gasteiger partial charge in [-0.3, -0.25) is 0 Å². The summed E-state index contributed by atoms with van der Waals surface area (Å²) >= 11 is 0. The molecule has 0 amide bonds. The minimum atomic E-state index is -1.37. The van der Waals surface area contributed by atoms with Crippen LogP contribution in [0.2, 0.25) is 0 Å². The van der Waals surface area contributed by atoms with E-state index >= 15 is 0 Å². The summed E-state index contributed by atoms with van der Waals surface area (Å²) in [6.07, 6.45) is -1.36. The second-order valence-electron chi connectivity index (χ2n) is 5.52. The Morgan fingerprint density at radius 2 is 1.32 bits per heavy atom. The van der Waals surface area contributed by atoms with E-state index in [0.29, 0.717) is 11.5 Å². The summed E-state index contributed by atoms with van der Waals surface area (Å²) in [4.78, 5) is 0. The van der Waals surface area contributed by atoms with Gasteiger partial charge in [-0.25, -0.2) is 4.39 Å². The van der Waals surface area contributed by atoms with E-state index in [2.05, 4.69) is 6.92 Å². The minimum Gasteiger partial charge on any atom is -0.494 e. The first-order chi connectivity index (χ1) is 11.6. The molecule has 2 N–H and O–H groups in total. The quantitative estimate of drug-likeness (QED) is 0.503. The number of aliphatic hydroxyl groups is 2. The van der Waals surface area contributed by atoms with Gasteiger partial charge >= 0.3 is 0 Å². The van der Waals surface area contributed by atoms with Crippen molar-refractivity contribution in [2.45, 2.75) is 18.7 Å². The molecule has 0 saturated heterocycles. The van der Waals surface area contributed by atoms with Crippen LogP contribution in [0.5, 0.6) is 11.5 Å². The van der Waals surface area contributed by atoms with Crippen molar-refractivity contribution in [2.24, 2.45) is 0 Å². The number of aliphatic hydroxyl groups excluding tert-OH is 2. The Balaban J connectivity index is 0.00000312. The van der Waals surface area contributed by atoms with Crippen molar-refractivity contribution in [3.05, 3.63) is 66.6 Å². The number of halogens is 1. The molecule has 0 aromatic heterocycles. The molecule has 2 rings (SSSR count). The van der Waals surface area contributed by atoms with Gasteiger partial charge in [0.1, 0.15) is 18.1 Å². The molecule has 0 aliphatic carbocycles. The largest absolute Gasteiger partial charge is 0.494 e. The Labute approximate surface area is 161 Å². The number of ether oxygens (including phenoxy) is 2. The van der Waals surface area contributed by atoms with Crippen LogP contribution < -0.4 is 9.47 Å². The van der Waals surface area contributed by atoms with Crippen LogP contribution in [0.3, 0.4) is 0 Å². The third kappa shape index (κ3) is 8.00. The Morgan fingerprint density at radius 3 is 1.72 bits per heavy atom. The first-order valence-electron chi connectivity index (χ1n) is 7.76. The second kappa shape index (κ2) is 11.2. The molecule has 25 heavy (non-hydrogen) atoms. The zero-order chi connectivity index (χ0) is 17.4. The predicted molar refractivity (Wildman–Crippen MR) is 90.0 cm³/mol. The zero-order valence-electron chi connectivity index (χ0n) is 13.8. The summed E-state index contributed by atoms with van der Waals surface area (Å²) in [6.45, 7) is 2.92. The fourth-order valence-corrected chi connectivity index (χ4v) is 2.07. The Bertz CT molecular complexity index is 602. The van der Waals surface area contributed by atoms with Crippen LogP contribution in [-0.4, -0.2) is 42.3 Å². The van der Waals surface area contributed by atoms with E-state index in [9.17, 15) is 4.39 Å². The van der Waals surface area contributed by atoms with E-state index in [0.717, 1.165) is 17.5 Å². The first kappa shape index (κ1) is 21.6. The predicted octanol–water partition coefficient (Wildman–Crippen LogP) is 2.56. The smallest absolute Gasteiger partial charge is 0.157 e. The number of rotatable bonds is 9. The number of hydrogen-bond donors (Lipinski definition) is 2. The van der Waals surface area contributed by atoms with Crippen LogP contribution >= 0.6 is 0 Å². The fraction of sp³-hybridized carbons (Fsp3) is 0.316. The second-order valence-corrected chi connectivity index (χ2v) is 5.52. The summed E-state index contributed by atoms with van der Waals surface area (Å²) in [7, 11) is 0. The number of hydrogen-bond acceptors (Lipinski definition) is 4. The van der Waals surface area contributed by atoms with Crippen molar-refractivity contribution in [3.8, 4) is 11.5 Å². The van der Waals surface area contributed by atoms with Gasteiger partial charge in [0.15, 0.2) is 6.17 Å². The monoisotopic (exact) mass is 517 g/mol. The Morgan fingerprint density at radius 1 is 0.880 bits per heavy atom. The van der Waals surface area contributed by atoms with Gasteiger partial charge in [0.05, 0.1) is 13.2 Å². The molecule has 6 heteroatoms. The van der Waals surface area contributed by atoms with Crippen molar-refractivity contribution in [1.82, 2.24) is 0 Å². The van der Waals surface area contributed by atoms with Crippen molar-refractivity contribution in [1.29, 1.82) is 0 Å². The minimum absolute atomic E-state index is 0. The summed E-state index contributed by atoms with van der Waals surface area (Å²) in [5.41, 5.74) is 2.22. The molecule has 136 valence electrons. The third-order valence-electron chi connectivity index (χ3n) is 3.33. The molecule has 0 saturated carbocycles. The van der Waals surface area contributed by atoms with E-state index in [-0.39, 0.29) is 34.3 Å². The van der Waals surface area contributed by atoms with Crippen LogP contribution in [0.25, 0.3) is 0 Å². The molecule has 0 aliphatic heterocycles. The van der Waals surface area contributed by atoms with Crippen LogP contribution in [0, 0.1) is 6.92 Å². The van der Waals surface area contributed by atoms with Crippen LogP contribution in [0.1, 0.15) is 11.1 Å². The van der Waals surface area contributed by atoms with Gasteiger partial charge < -0.3 is 26.6 Å². The topological polar surface area (TPSA) is 58.9 Å². The van der Waals surface area contributed by atoms with Crippen LogP contribution in [-0.2, 0) is 27.5 Å². The van der Waals surface area contributed by atoms with Gasteiger partial charge in [-0.2, -0.15) is 0 Å². The van der Waals surface area contributed by atoms with Gasteiger partial charge in [0.2, 0.25) is 0 Å². The number of benzene rings is 2. The molecule has 0 spiro atoms. The summed E-state index contributed by atoms with van der Waals surface area (Å²) < 4.78 is 23.5. The molecule has 2 atom stereocenters. The molecule has 2 unspecified atom stereocenters. The van der Waals surface area contributed by atoms with E-state index in [1.807, 2.05) is 36.4 Å². The average Bonchev–Trinajstić information content (AvgIpc) is 2.60. The molecule has 0 bridgehead atoms. The Hall–Kier alpha value is -1.42. The normalized spacial score (nSPS) is 12.8. The first-order valence-corrected chi connectivity index (χ1v) is 7.76. The maximum atomic E-state index is 12.9. The van der Waals surface area contributed by atoms with E-state index in [1.54, 1.807) is 12.1 Å². The van der Waals surface area contributed by atoms with E-state index in [1.165, 1.54) is 0 Å².